The van der Waals surface area contributed by atoms with E-state index in [1.54, 1.807) is 17.9 Å². The van der Waals surface area contributed by atoms with Crippen LogP contribution < -0.4 is 10.9 Å². The Hall–Kier alpha value is -1.88. The van der Waals surface area contributed by atoms with Crippen LogP contribution in [0.15, 0.2) is 40.2 Å². The molecule has 1 atom stereocenters. The van der Waals surface area contributed by atoms with Crippen molar-refractivity contribution < 1.29 is 4.21 Å². The molecular weight excluding hydrogens is 320 g/mol. The van der Waals surface area contributed by atoms with Crippen molar-refractivity contribution in [1.82, 2.24) is 4.57 Å². The van der Waals surface area contributed by atoms with E-state index in [1.165, 1.54) is 25.7 Å². The minimum atomic E-state index is -1.04. The fourth-order valence-corrected chi connectivity index (χ4v) is 3.93. The van der Waals surface area contributed by atoms with Gasteiger partial charge in [-0.1, -0.05) is 12.8 Å². The minimum Gasteiger partial charge on any atom is -0.382 e. The molecule has 0 saturated heterocycles. The summed E-state index contributed by atoms with van der Waals surface area (Å²) in [7, 11) is 0.732. The molecule has 1 aliphatic carbocycles. The van der Waals surface area contributed by atoms with Crippen LogP contribution in [0, 0.1) is 6.92 Å². The Balaban J connectivity index is 2.10. The van der Waals surface area contributed by atoms with Crippen molar-refractivity contribution in [3.63, 3.8) is 0 Å². The van der Waals surface area contributed by atoms with Gasteiger partial charge in [0.2, 0.25) is 0 Å². The fourth-order valence-electron chi connectivity index (χ4n) is 3.38. The van der Waals surface area contributed by atoms with Crippen LogP contribution in [0.2, 0.25) is 0 Å². The largest absolute Gasteiger partial charge is 0.382 e. The number of nitrogens with zero attached hydrogens (tertiary/aromatic N) is 1. The molecule has 5 heteroatoms. The highest BCUT2D eigenvalue weighted by Crippen LogP contribution is 2.32. The average Bonchev–Trinajstić information content (AvgIpc) is 3.05. The van der Waals surface area contributed by atoms with Crippen molar-refractivity contribution in [2.24, 2.45) is 7.05 Å². The zero-order chi connectivity index (χ0) is 17.3. The quantitative estimate of drug-likeness (QED) is 0.924. The minimum absolute atomic E-state index is 0.0132. The second-order valence-electron chi connectivity index (χ2n) is 6.62. The molecule has 4 nitrogen and oxygen atoms in total. The standard InChI is InChI=1S/C19H24N2O2S/c1-13-10-14(12-21(2)19(13)22)17-11-16(24(3)23)8-9-18(17)20-15-6-4-5-7-15/h8-12,15,20H,4-7H2,1-3H3. The summed E-state index contributed by atoms with van der Waals surface area (Å²) in [5, 5.41) is 3.64. The van der Waals surface area contributed by atoms with Gasteiger partial charge in [0.15, 0.2) is 0 Å². The number of aryl methyl sites for hydroxylation is 2. The Morgan fingerprint density at radius 3 is 2.54 bits per heavy atom. The number of hydrogen-bond acceptors (Lipinski definition) is 3. The first-order valence-electron chi connectivity index (χ1n) is 8.37. The van der Waals surface area contributed by atoms with Crippen molar-refractivity contribution in [1.29, 1.82) is 0 Å². The van der Waals surface area contributed by atoms with Crippen molar-refractivity contribution >= 4 is 16.5 Å². The SMILES string of the molecule is Cc1cc(-c2cc(S(C)=O)ccc2NC2CCCC2)cn(C)c1=O. The van der Waals surface area contributed by atoms with Crippen molar-refractivity contribution in [2.45, 2.75) is 43.5 Å². The van der Waals surface area contributed by atoms with Gasteiger partial charge in [-0.25, -0.2) is 0 Å². The zero-order valence-corrected chi connectivity index (χ0v) is 15.3. The highest BCUT2D eigenvalue weighted by atomic mass is 32.2. The summed E-state index contributed by atoms with van der Waals surface area (Å²) in [5.41, 5.74) is 3.76. The molecule has 0 spiro atoms. The Morgan fingerprint density at radius 1 is 1.21 bits per heavy atom. The van der Waals surface area contributed by atoms with Crippen LogP contribution in [0.4, 0.5) is 5.69 Å². The van der Waals surface area contributed by atoms with Crippen LogP contribution in [0.5, 0.6) is 0 Å². The second-order valence-corrected chi connectivity index (χ2v) is 7.99. The van der Waals surface area contributed by atoms with Gasteiger partial charge >= 0.3 is 0 Å². The van der Waals surface area contributed by atoms with Crippen molar-refractivity contribution in [3.05, 3.63) is 46.4 Å². The van der Waals surface area contributed by atoms with Gasteiger partial charge in [-0.2, -0.15) is 0 Å². The highest BCUT2D eigenvalue weighted by molar-refractivity contribution is 7.84. The summed E-state index contributed by atoms with van der Waals surface area (Å²) in [6.07, 6.45) is 8.45. The van der Waals surface area contributed by atoms with E-state index in [-0.39, 0.29) is 5.56 Å². The van der Waals surface area contributed by atoms with Gasteiger partial charge in [0.1, 0.15) is 0 Å². The lowest BCUT2D eigenvalue weighted by atomic mass is 10.0. The third-order valence-electron chi connectivity index (χ3n) is 4.71. The highest BCUT2D eigenvalue weighted by Gasteiger charge is 2.17. The predicted octanol–water partition coefficient (Wildman–Crippen LogP) is 3.45. The van der Waals surface area contributed by atoms with Gasteiger partial charge in [-0.3, -0.25) is 9.00 Å². The van der Waals surface area contributed by atoms with Crippen LogP contribution in [0.25, 0.3) is 11.1 Å². The summed E-state index contributed by atoms with van der Waals surface area (Å²) in [4.78, 5) is 12.8. The first kappa shape index (κ1) is 17.0. The number of nitrogens with one attached hydrogen (secondary N) is 1. The summed E-state index contributed by atoms with van der Waals surface area (Å²) in [5.74, 6) is 0. The number of pyridine rings is 1. The molecule has 1 aliphatic rings. The average molecular weight is 344 g/mol. The second kappa shape index (κ2) is 6.93. The van der Waals surface area contributed by atoms with E-state index in [1.807, 2.05) is 37.4 Å². The molecular formula is C19H24N2O2S. The van der Waals surface area contributed by atoms with Gasteiger partial charge in [-0.05, 0) is 44.0 Å². The molecule has 0 radical (unpaired) electrons. The maximum atomic E-state index is 12.0. The lowest BCUT2D eigenvalue weighted by Gasteiger charge is -2.19. The maximum Gasteiger partial charge on any atom is 0.253 e. The molecule has 0 aliphatic heterocycles. The van der Waals surface area contributed by atoms with E-state index in [9.17, 15) is 9.00 Å². The first-order chi connectivity index (χ1) is 11.5. The summed E-state index contributed by atoms with van der Waals surface area (Å²) in [6, 6.07) is 8.33. The number of anilines is 1. The van der Waals surface area contributed by atoms with Crippen molar-refractivity contribution in [2.75, 3.05) is 11.6 Å². The lowest BCUT2D eigenvalue weighted by molar-refractivity contribution is 0.687. The van der Waals surface area contributed by atoms with Crippen LogP contribution in [0.1, 0.15) is 31.2 Å². The molecule has 1 unspecified atom stereocenters. The molecule has 1 fully saturated rings. The van der Waals surface area contributed by atoms with Gasteiger partial charge < -0.3 is 9.88 Å². The Bertz CT molecular complexity index is 809. The maximum absolute atomic E-state index is 12.0. The van der Waals surface area contributed by atoms with Crippen LogP contribution in [0.3, 0.4) is 0 Å². The first-order valence-corrected chi connectivity index (χ1v) is 9.93. The summed E-state index contributed by atoms with van der Waals surface area (Å²) < 4.78 is 13.5. The molecule has 2 aromatic rings. The Labute approximate surface area is 145 Å². The molecule has 0 amide bonds. The van der Waals surface area contributed by atoms with E-state index in [4.69, 9.17) is 0 Å². The van der Waals surface area contributed by atoms with E-state index >= 15 is 0 Å². The van der Waals surface area contributed by atoms with Gasteiger partial charge in [0.05, 0.1) is 0 Å². The summed E-state index contributed by atoms with van der Waals surface area (Å²) >= 11 is 0. The topological polar surface area (TPSA) is 51.1 Å². The van der Waals surface area contributed by atoms with Crippen LogP contribution >= 0.6 is 0 Å². The molecule has 1 aromatic carbocycles. The third kappa shape index (κ3) is 3.46. The van der Waals surface area contributed by atoms with Gasteiger partial charge in [0.25, 0.3) is 5.56 Å². The lowest BCUT2D eigenvalue weighted by Crippen LogP contribution is -2.19. The van der Waals surface area contributed by atoms with Crippen LogP contribution in [-0.2, 0) is 17.8 Å². The van der Waals surface area contributed by atoms with E-state index in [0.29, 0.717) is 11.6 Å². The van der Waals surface area contributed by atoms with Crippen molar-refractivity contribution in [3.8, 4) is 11.1 Å². The predicted molar refractivity (Wildman–Crippen MR) is 100 cm³/mol. The Morgan fingerprint density at radius 2 is 1.92 bits per heavy atom. The normalized spacial score (nSPS) is 16.3. The zero-order valence-electron chi connectivity index (χ0n) is 14.5. The van der Waals surface area contributed by atoms with Gasteiger partial charge in [0, 0.05) is 63.6 Å². The summed E-state index contributed by atoms with van der Waals surface area (Å²) in [6.45, 7) is 1.83. The van der Waals surface area contributed by atoms with Crippen LogP contribution in [-0.4, -0.2) is 21.1 Å². The number of benzene rings is 1. The molecule has 128 valence electrons. The van der Waals surface area contributed by atoms with E-state index in [2.05, 4.69) is 5.32 Å². The fraction of sp³-hybridized carbons (Fsp3) is 0.421. The molecule has 3 rings (SSSR count). The van der Waals surface area contributed by atoms with E-state index < -0.39 is 10.8 Å². The number of aromatic nitrogens is 1. The molecule has 1 N–H and O–H groups in total. The molecule has 0 bridgehead atoms. The third-order valence-corrected chi connectivity index (χ3v) is 5.63. The molecule has 1 aromatic heterocycles. The monoisotopic (exact) mass is 344 g/mol. The molecule has 1 saturated carbocycles. The number of hydrogen-bond donors (Lipinski definition) is 1. The van der Waals surface area contributed by atoms with E-state index in [0.717, 1.165) is 21.7 Å². The molecule has 1 heterocycles. The smallest absolute Gasteiger partial charge is 0.253 e. The number of rotatable bonds is 4. The molecule has 24 heavy (non-hydrogen) atoms. The van der Waals surface area contributed by atoms with Gasteiger partial charge in [-0.15, -0.1) is 0 Å². The Kier molecular flexibility index (Phi) is 4.90.